The third kappa shape index (κ3) is 5.35. The Hall–Kier alpha value is -2.21. The van der Waals surface area contributed by atoms with Gasteiger partial charge in [-0.3, -0.25) is 4.90 Å². The van der Waals surface area contributed by atoms with Crippen LogP contribution in [0.5, 0.6) is 0 Å². The van der Waals surface area contributed by atoms with Crippen molar-refractivity contribution in [2.24, 2.45) is 5.92 Å². The number of fused-ring (bicyclic) bond motifs is 1. The van der Waals surface area contributed by atoms with E-state index in [-0.39, 0.29) is 0 Å². The number of aromatic nitrogens is 1. The molecule has 0 saturated heterocycles. The minimum absolute atomic E-state index is 0.834. The smallest absolute Gasteiger partial charge is 0.187 e. The first-order valence-corrected chi connectivity index (χ1v) is 13.0. The molecule has 2 aromatic carbocycles. The summed E-state index contributed by atoms with van der Waals surface area (Å²) in [6.45, 7) is 3.13. The lowest BCUT2D eigenvalue weighted by Gasteiger charge is -2.29. The Kier molecular flexibility index (Phi) is 6.63. The lowest BCUT2D eigenvalue weighted by atomic mass is 9.89. The third-order valence-electron chi connectivity index (χ3n) is 6.17. The Balaban J connectivity index is 1.29. The molecule has 0 spiro atoms. The number of benzene rings is 2. The molecule has 2 aromatic heterocycles. The fourth-order valence-electron chi connectivity index (χ4n) is 4.66. The van der Waals surface area contributed by atoms with E-state index < -0.39 is 0 Å². The maximum atomic E-state index is 4.94. The highest BCUT2D eigenvalue weighted by molar-refractivity contribution is 7.13. The van der Waals surface area contributed by atoms with Crippen molar-refractivity contribution in [3.05, 3.63) is 75.9 Å². The average Bonchev–Trinajstić information content (AvgIpc) is 3.47. The van der Waals surface area contributed by atoms with Crippen molar-refractivity contribution in [1.29, 1.82) is 0 Å². The number of hydrogen-bond acceptors (Lipinski definition) is 5. The zero-order valence-corrected chi connectivity index (χ0v) is 19.4. The predicted molar refractivity (Wildman–Crippen MR) is 134 cm³/mol. The van der Waals surface area contributed by atoms with Crippen LogP contribution >= 0.6 is 22.7 Å². The number of rotatable bonds is 8. The van der Waals surface area contributed by atoms with Crippen LogP contribution in [0.2, 0.25) is 0 Å². The van der Waals surface area contributed by atoms with Gasteiger partial charge in [0.2, 0.25) is 0 Å². The van der Waals surface area contributed by atoms with E-state index in [1.807, 2.05) is 11.3 Å². The van der Waals surface area contributed by atoms with Gasteiger partial charge in [0.25, 0.3) is 0 Å². The number of hydrogen-bond donors (Lipinski definition) is 1. The number of anilines is 2. The first kappa shape index (κ1) is 20.7. The highest BCUT2D eigenvalue weighted by atomic mass is 32.1. The summed E-state index contributed by atoms with van der Waals surface area (Å²) in [6, 6.07) is 19.3. The molecule has 0 bridgehead atoms. The molecule has 2 heterocycles. The second-order valence-electron chi connectivity index (χ2n) is 8.55. The van der Waals surface area contributed by atoms with Crippen LogP contribution in [0.4, 0.5) is 10.8 Å². The molecule has 0 amide bonds. The molecule has 0 atom stereocenters. The molecule has 31 heavy (non-hydrogen) atoms. The Morgan fingerprint density at radius 1 is 0.903 bits per heavy atom. The molecule has 5 heteroatoms. The standard InChI is InChI=1S/C26H29N3S2/c1-2-8-20(9-3-1)16-29(18-23-12-7-15-30-23)17-22-19-31-26(27-22)28-25-14-6-11-21-10-4-5-13-24(21)25/h4-7,10-15,19-20H,1-3,8-9,16-18H2,(H,27,28). The van der Waals surface area contributed by atoms with Crippen LogP contribution in [0, 0.1) is 5.92 Å². The Bertz CT molecular complexity index is 1090. The second-order valence-corrected chi connectivity index (χ2v) is 10.4. The van der Waals surface area contributed by atoms with Crippen molar-refractivity contribution in [2.45, 2.75) is 45.2 Å². The van der Waals surface area contributed by atoms with Gasteiger partial charge in [0.05, 0.1) is 5.69 Å². The van der Waals surface area contributed by atoms with Gasteiger partial charge in [-0.2, -0.15) is 0 Å². The molecule has 160 valence electrons. The molecule has 5 rings (SSSR count). The van der Waals surface area contributed by atoms with E-state index in [0.29, 0.717) is 0 Å². The van der Waals surface area contributed by atoms with E-state index in [2.05, 4.69) is 75.6 Å². The summed E-state index contributed by atoms with van der Waals surface area (Å²) in [4.78, 5) is 9.00. The van der Waals surface area contributed by atoms with Crippen molar-refractivity contribution in [1.82, 2.24) is 9.88 Å². The van der Waals surface area contributed by atoms with Gasteiger partial charge in [-0.05, 0) is 41.7 Å². The zero-order chi connectivity index (χ0) is 20.9. The largest absolute Gasteiger partial charge is 0.331 e. The molecule has 0 aliphatic heterocycles. The lowest BCUT2D eigenvalue weighted by molar-refractivity contribution is 0.187. The predicted octanol–water partition coefficient (Wildman–Crippen LogP) is 7.68. The summed E-state index contributed by atoms with van der Waals surface area (Å²) in [6.07, 6.45) is 6.97. The van der Waals surface area contributed by atoms with Crippen LogP contribution in [0.3, 0.4) is 0 Å². The van der Waals surface area contributed by atoms with Gasteiger partial charge < -0.3 is 5.32 Å². The van der Waals surface area contributed by atoms with Gasteiger partial charge in [0.1, 0.15) is 0 Å². The molecule has 1 fully saturated rings. The van der Waals surface area contributed by atoms with Crippen LogP contribution in [0.15, 0.2) is 65.4 Å². The minimum atomic E-state index is 0.834. The third-order valence-corrected chi connectivity index (χ3v) is 7.84. The van der Waals surface area contributed by atoms with Gasteiger partial charge in [-0.25, -0.2) is 4.98 Å². The first-order chi connectivity index (χ1) is 15.3. The van der Waals surface area contributed by atoms with Crippen LogP contribution in [0.1, 0.15) is 42.7 Å². The molecule has 1 aliphatic carbocycles. The maximum absolute atomic E-state index is 4.94. The zero-order valence-electron chi connectivity index (χ0n) is 17.8. The van der Waals surface area contributed by atoms with E-state index in [1.54, 1.807) is 11.3 Å². The Morgan fingerprint density at radius 3 is 2.65 bits per heavy atom. The van der Waals surface area contributed by atoms with Crippen molar-refractivity contribution >= 4 is 44.3 Å². The molecular formula is C26H29N3S2. The van der Waals surface area contributed by atoms with Gasteiger partial charge in [-0.1, -0.05) is 61.7 Å². The highest BCUT2D eigenvalue weighted by Gasteiger charge is 2.19. The van der Waals surface area contributed by atoms with Crippen molar-refractivity contribution in [3.8, 4) is 0 Å². The molecule has 0 unspecified atom stereocenters. The van der Waals surface area contributed by atoms with Gasteiger partial charge in [0, 0.05) is 41.0 Å². The molecule has 0 radical (unpaired) electrons. The number of thiazole rings is 1. The molecule has 3 nitrogen and oxygen atoms in total. The maximum Gasteiger partial charge on any atom is 0.187 e. The summed E-state index contributed by atoms with van der Waals surface area (Å²) in [7, 11) is 0. The van der Waals surface area contributed by atoms with Crippen LogP contribution in [-0.2, 0) is 13.1 Å². The number of nitrogens with one attached hydrogen (secondary N) is 1. The van der Waals surface area contributed by atoms with Crippen molar-refractivity contribution in [3.63, 3.8) is 0 Å². The molecule has 4 aromatic rings. The molecule has 1 saturated carbocycles. The highest BCUT2D eigenvalue weighted by Crippen LogP contribution is 2.29. The average molecular weight is 448 g/mol. The summed E-state index contributed by atoms with van der Waals surface area (Å²) in [5.41, 5.74) is 2.29. The van der Waals surface area contributed by atoms with E-state index >= 15 is 0 Å². The second kappa shape index (κ2) is 9.94. The van der Waals surface area contributed by atoms with E-state index in [9.17, 15) is 0 Å². The van der Waals surface area contributed by atoms with Crippen molar-refractivity contribution in [2.75, 3.05) is 11.9 Å². The summed E-state index contributed by atoms with van der Waals surface area (Å²) in [5, 5.41) is 11.4. The SMILES string of the molecule is c1csc(CN(Cc2csc(Nc3cccc4ccccc34)n2)CC2CCCCC2)c1. The first-order valence-electron chi connectivity index (χ1n) is 11.3. The molecular weight excluding hydrogens is 418 g/mol. The normalized spacial score (nSPS) is 15.0. The quantitative estimate of drug-likeness (QED) is 0.300. The Labute approximate surface area is 192 Å². The Morgan fingerprint density at radius 2 is 1.77 bits per heavy atom. The number of nitrogens with zero attached hydrogens (tertiary/aromatic N) is 2. The molecule has 1 aliphatic rings. The van der Waals surface area contributed by atoms with Crippen LogP contribution in [-0.4, -0.2) is 16.4 Å². The fourth-order valence-corrected chi connectivity index (χ4v) is 6.12. The monoisotopic (exact) mass is 447 g/mol. The van der Waals surface area contributed by atoms with Crippen LogP contribution in [0.25, 0.3) is 10.8 Å². The van der Waals surface area contributed by atoms with Gasteiger partial charge in [-0.15, -0.1) is 22.7 Å². The van der Waals surface area contributed by atoms with E-state index in [0.717, 1.165) is 29.8 Å². The summed E-state index contributed by atoms with van der Waals surface area (Å²) in [5.74, 6) is 0.834. The topological polar surface area (TPSA) is 28.2 Å². The van der Waals surface area contributed by atoms with Gasteiger partial charge >= 0.3 is 0 Å². The fraction of sp³-hybridized carbons (Fsp3) is 0.346. The summed E-state index contributed by atoms with van der Waals surface area (Å²) < 4.78 is 0. The van der Waals surface area contributed by atoms with Crippen LogP contribution < -0.4 is 5.32 Å². The summed E-state index contributed by atoms with van der Waals surface area (Å²) >= 11 is 3.56. The lowest BCUT2D eigenvalue weighted by Crippen LogP contribution is -2.29. The van der Waals surface area contributed by atoms with Crippen molar-refractivity contribution < 1.29 is 0 Å². The number of thiophene rings is 1. The minimum Gasteiger partial charge on any atom is -0.331 e. The van der Waals surface area contributed by atoms with E-state index in [1.165, 1.54) is 60.0 Å². The molecule has 1 N–H and O–H groups in total. The van der Waals surface area contributed by atoms with Gasteiger partial charge in [0.15, 0.2) is 5.13 Å². The van der Waals surface area contributed by atoms with E-state index in [4.69, 9.17) is 4.98 Å².